The number of hydrogen-bond donors (Lipinski definition) is 2. The van der Waals surface area contributed by atoms with Crippen molar-refractivity contribution in [3.63, 3.8) is 0 Å². The van der Waals surface area contributed by atoms with Crippen LogP contribution in [0.25, 0.3) is 0 Å². The van der Waals surface area contributed by atoms with Gasteiger partial charge in [0.1, 0.15) is 0 Å². The van der Waals surface area contributed by atoms with Gasteiger partial charge in [0, 0.05) is 24.6 Å². The van der Waals surface area contributed by atoms with E-state index in [1.807, 2.05) is 30.6 Å². The fraction of sp³-hybridized carbons (Fsp3) is 0.375. The molecule has 2 atom stereocenters. The Bertz CT molecular complexity index is 594. The summed E-state index contributed by atoms with van der Waals surface area (Å²) in [5.74, 6) is 0.546. The molecule has 0 saturated carbocycles. The average molecular weight is 300 g/mol. The Morgan fingerprint density at radius 3 is 2.76 bits per heavy atom. The molecule has 0 aliphatic carbocycles. The first-order valence-electron chi connectivity index (χ1n) is 7.28. The summed E-state index contributed by atoms with van der Waals surface area (Å²) in [7, 11) is 0. The third kappa shape index (κ3) is 2.78. The Hall–Kier alpha value is -1.88. The third-order valence-electron chi connectivity index (χ3n) is 3.70. The van der Waals surface area contributed by atoms with E-state index in [4.69, 9.17) is 12.2 Å². The third-order valence-corrected chi connectivity index (χ3v) is 4.05. The lowest BCUT2D eigenvalue weighted by molar-refractivity contribution is 0.283. The van der Waals surface area contributed by atoms with Crippen LogP contribution in [0.15, 0.2) is 42.7 Å². The van der Waals surface area contributed by atoms with E-state index in [0.29, 0.717) is 5.92 Å². The lowest BCUT2D eigenvalue weighted by Gasteiger charge is -2.28. The van der Waals surface area contributed by atoms with Gasteiger partial charge in [0.05, 0.1) is 17.8 Å². The molecular formula is C16H20N4S. The maximum atomic E-state index is 5.56. The molecule has 0 amide bonds. The fourth-order valence-corrected chi connectivity index (χ4v) is 3.18. The van der Waals surface area contributed by atoms with E-state index in [2.05, 4.69) is 46.2 Å². The van der Waals surface area contributed by atoms with E-state index in [0.717, 1.165) is 17.4 Å². The van der Waals surface area contributed by atoms with Crippen LogP contribution in [0.5, 0.6) is 0 Å². The smallest absolute Gasteiger partial charge is 0.170 e. The van der Waals surface area contributed by atoms with Crippen LogP contribution in [0.3, 0.4) is 0 Å². The number of aromatic amines is 1. The van der Waals surface area contributed by atoms with Crippen LogP contribution in [0.2, 0.25) is 0 Å². The Kier molecular flexibility index (Phi) is 3.92. The molecule has 5 heteroatoms. The lowest BCUT2D eigenvalue weighted by atomic mass is 10.0. The second kappa shape index (κ2) is 5.85. The molecule has 1 aliphatic rings. The Balaban J connectivity index is 1.98. The van der Waals surface area contributed by atoms with Crippen molar-refractivity contribution in [3.05, 3.63) is 54.1 Å². The van der Waals surface area contributed by atoms with Gasteiger partial charge >= 0.3 is 0 Å². The Morgan fingerprint density at radius 1 is 1.29 bits per heavy atom. The van der Waals surface area contributed by atoms with Gasteiger partial charge in [-0.25, -0.2) is 0 Å². The standard InChI is InChI=1S/C16H20N4S/c1-11(2)10-20-15(13-7-5-9-18-13)14(19-16(20)21)12-6-3-4-8-17-12/h3-9,11,14-15,18H,10H2,1-2H3,(H,19,21)/t14-,15-/m1/s1. The fourth-order valence-electron chi connectivity index (χ4n) is 2.86. The molecule has 3 rings (SSSR count). The highest BCUT2D eigenvalue weighted by Crippen LogP contribution is 2.37. The molecule has 1 fully saturated rings. The predicted octanol–water partition coefficient (Wildman–Crippen LogP) is 3.04. The minimum atomic E-state index is 0.0797. The van der Waals surface area contributed by atoms with Crippen LogP contribution in [0.1, 0.15) is 37.3 Å². The normalized spacial score (nSPS) is 21.9. The van der Waals surface area contributed by atoms with Gasteiger partial charge < -0.3 is 15.2 Å². The van der Waals surface area contributed by atoms with Crippen molar-refractivity contribution < 1.29 is 0 Å². The molecule has 4 nitrogen and oxygen atoms in total. The number of rotatable bonds is 4. The monoisotopic (exact) mass is 300 g/mol. The highest BCUT2D eigenvalue weighted by molar-refractivity contribution is 7.80. The van der Waals surface area contributed by atoms with Gasteiger partial charge in [0.15, 0.2) is 5.11 Å². The molecule has 2 aromatic heterocycles. The molecular weight excluding hydrogens is 280 g/mol. The molecule has 3 heterocycles. The van der Waals surface area contributed by atoms with E-state index in [1.54, 1.807) is 0 Å². The van der Waals surface area contributed by atoms with E-state index in [9.17, 15) is 0 Å². The molecule has 0 aromatic carbocycles. The van der Waals surface area contributed by atoms with Crippen LogP contribution >= 0.6 is 12.2 Å². The molecule has 21 heavy (non-hydrogen) atoms. The zero-order valence-electron chi connectivity index (χ0n) is 12.3. The van der Waals surface area contributed by atoms with E-state index < -0.39 is 0 Å². The topological polar surface area (TPSA) is 44.0 Å². The summed E-state index contributed by atoms with van der Waals surface area (Å²) in [5.41, 5.74) is 2.18. The summed E-state index contributed by atoms with van der Waals surface area (Å²) < 4.78 is 0. The van der Waals surface area contributed by atoms with Gasteiger partial charge in [-0.1, -0.05) is 19.9 Å². The van der Waals surface area contributed by atoms with Crippen molar-refractivity contribution in [2.75, 3.05) is 6.54 Å². The number of thiocarbonyl (C=S) groups is 1. The largest absolute Gasteiger partial charge is 0.363 e. The Morgan fingerprint density at radius 2 is 2.14 bits per heavy atom. The maximum Gasteiger partial charge on any atom is 0.170 e. The van der Waals surface area contributed by atoms with Crippen LogP contribution in [-0.2, 0) is 0 Å². The molecule has 2 aromatic rings. The van der Waals surface area contributed by atoms with Gasteiger partial charge in [-0.3, -0.25) is 4.98 Å². The zero-order valence-corrected chi connectivity index (χ0v) is 13.1. The van der Waals surface area contributed by atoms with Crippen LogP contribution < -0.4 is 5.32 Å². The lowest BCUT2D eigenvalue weighted by Crippen LogP contribution is -2.33. The molecule has 110 valence electrons. The van der Waals surface area contributed by atoms with Crippen molar-refractivity contribution in [1.29, 1.82) is 0 Å². The van der Waals surface area contributed by atoms with Gasteiger partial charge in [0.25, 0.3) is 0 Å². The number of hydrogen-bond acceptors (Lipinski definition) is 2. The SMILES string of the molecule is CC(C)CN1C(=S)N[C@H](c2ccccn2)[C@H]1c1ccc[nH]1. The minimum absolute atomic E-state index is 0.0797. The highest BCUT2D eigenvalue weighted by Gasteiger charge is 2.40. The van der Waals surface area contributed by atoms with Crippen molar-refractivity contribution >= 4 is 17.3 Å². The Labute approximate surface area is 130 Å². The summed E-state index contributed by atoms with van der Waals surface area (Å²) in [5, 5.41) is 4.24. The number of nitrogens with zero attached hydrogens (tertiary/aromatic N) is 2. The number of aromatic nitrogens is 2. The number of H-pyrrole nitrogens is 1. The van der Waals surface area contributed by atoms with E-state index >= 15 is 0 Å². The first-order valence-corrected chi connectivity index (χ1v) is 7.69. The molecule has 2 N–H and O–H groups in total. The van der Waals surface area contributed by atoms with Crippen molar-refractivity contribution in [2.24, 2.45) is 5.92 Å². The first-order chi connectivity index (χ1) is 10.2. The molecule has 0 spiro atoms. The van der Waals surface area contributed by atoms with Crippen LogP contribution in [0, 0.1) is 5.92 Å². The summed E-state index contributed by atoms with van der Waals surface area (Å²) in [6.07, 6.45) is 3.79. The summed E-state index contributed by atoms with van der Waals surface area (Å²) in [6.45, 7) is 5.35. The summed E-state index contributed by atoms with van der Waals surface area (Å²) in [6, 6.07) is 10.4. The van der Waals surface area contributed by atoms with Gasteiger partial charge in [0.2, 0.25) is 0 Å². The van der Waals surface area contributed by atoms with Crippen molar-refractivity contribution in [2.45, 2.75) is 25.9 Å². The second-order valence-electron chi connectivity index (χ2n) is 5.80. The van der Waals surface area contributed by atoms with Crippen LogP contribution in [-0.4, -0.2) is 26.5 Å². The molecule has 1 aliphatic heterocycles. The van der Waals surface area contributed by atoms with Crippen LogP contribution in [0.4, 0.5) is 0 Å². The first kappa shape index (κ1) is 14.1. The quantitative estimate of drug-likeness (QED) is 0.852. The molecule has 0 unspecified atom stereocenters. The predicted molar refractivity (Wildman–Crippen MR) is 87.8 cm³/mol. The maximum absolute atomic E-state index is 5.56. The minimum Gasteiger partial charge on any atom is -0.363 e. The van der Waals surface area contributed by atoms with Crippen molar-refractivity contribution in [1.82, 2.24) is 20.2 Å². The van der Waals surface area contributed by atoms with Gasteiger partial charge in [-0.15, -0.1) is 0 Å². The zero-order chi connectivity index (χ0) is 14.8. The van der Waals surface area contributed by atoms with E-state index in [1.165, 1.54) is 5.69 Å². The molecule has 1 saturated heterocycles. The number of pyridine rings is 1. The summed E-state index contributed by atoms with van der Waals surface area (Å²) >= 11 is 5.56. The van der Waals surface area contributed by atoms with E-state index in [-0.39, 0.29) is 12.1 Å². The molecule has 0 radical (unpaired) electrons. The second-order valence-corrected chi connectivity index (χ2v) is 6.18. The van der Waals surface area contributed by atoms with Gasteiger partial charge in [-0.2, -0.15) is 0 Å². The summed E-state index contributed by atoms with van der Waals surface area (Å²) in [4.78, 5) is 10.1. The number of nitrogens with one attached hydrogen (secondary N) is 2. The molecule has 0 bridgehead atoms. The van der Waals surface area contributed by atoms with Gasteiger partial charge in [-0.05, 0) is 42.4 Å². The average Bonchev–Trinajstić information content (AvgIpc) is 3.08. The van der Waals surface area contributed by atoms with Crippen molar-refractivity contribution in [3.8, 4) is 0 Å². The highest BCUT2D eigenvalue weighted by atomic mass is 32.1.